The van der Waals surface area contributed by atoms with Crippen LogP contribution in [0.3, 0.4) is 0 Å². The number of carbonyl (C=O) groups excluding carboxylic acids is 1. The van der Waals surface area contributed by atoms with E-state index in [1.165, 1.54) is 22.5 Å². The average Bonchev–Trinajstić information content (AvgIpc) is 2.77. The predicted octanol–water partition coefficient (Wildman–Crippen LogP) is 1.82. The number of benzene rings is 2. The van der Waals surface area contributed by atoms with Crippen LogP contribution in [0.1, 0.15) is 5.56 Å². The molecule has 0 radical (unpaired) electrons. The van der Waals surface area contributed by atoms with Gasteiger partial charge in [-0.25, -0.2) is 13.2 Å². The Morgan fingerprint density at radius 2 is 1.83 bits per heavy atom. The van der Waals surface area contributed by atoms with Gasteiger partial charge < -0.3 is 15.0 Å². The summed E-state index contributed by atoms with van der Waals surface area (Å²) in [6.45, 7) is 0.980. The molecule has 1 aliphatic rings. The number of carbonyl (C=O) groups is 1. The van der Waals surface area contributed by atoms with Crippen LogP contribution in [0.15, 0.2) is 53.4 Å². The fourth-order valence-electron chi connectivity index (χ4n) is 3.11. The van der Waals surface area contributed by atoms with Crippen molar-refractivity contribution in [3.63, 3.8) is 0 Å². The molecule has 1 N–H and O–H groups in total. The van der Waals surface area contributed by atoms with Crippen LogP contribution in [-0.4, -0.2) is 61.9 Å². The standard InChI is InChI=1S/C19H22N4O6S/c1-29-17-6-2-4-15(12-17)14-20-19(24)21-8-10-22(11-9-21)30(27,28)18-7-3-5-16(13-18)23(25)26/h2-7,12-13H,8-11,14H2,1H3,(H,20,24). The topological polar surface area (TPSA) is 122 Å². The fraction of sp³-hybridized carbons (Fsp3) is 0.316. The fourth-order valence-corrected chi connectivity index (χ4v) is 4.57. The number of non-ortho nitro benzene ring substituents is 1. The molecule has 2 amide bonds. The Bertz CT molecular complexity index is 1030. The van der Waals surface area contributed by atoms with E-state index < -0.39 is 14.9 Å². The third kappa shape index (κ3) is 4.86. The third-order valence-corrected chi connectivity index (χ3v) is 6.66. The maximum Gasteiger partial charge on any atom is 0.317 e. The van der Waals surface area contributed by atoms with E-state index in [1.807, 2.05) is 24.3 Å². The lowest BCUT2D eigenvalue weighted by molar-refractivity contribution is -0.385. The lowest BCUT2D eigenvalue weighted by Gasteiger charge is -2.34. The van der Waals surface area contributed by atoms with Gasteiger partial charge in [0, 0.05) is 44.9 Å². The number of piperazine rings is 1. The maximum atomic E-state index is 12.8. The number of nitrogens with zero attached hydrogens (tertiary/aromatic N) is 3. The first kappa shape index (κ1) is 21.5. The van der Waals surface area contributed by atoms with Gasteiger partial charge in [0.2, 0.25) is 10.0 Å². The quantitative estimate of drug-likeness (QED) is 0.547. The molecule has 10 nitrogen and oxygen atoms in total. The number of nitro benzene ring substituents is 1. The molecule has 0 aromatic heterocycles. The zero-order chi connectivity index (χ0) is 21.7. The van der Waals surface area contributed by atoms with Crippen LogP contribution in [0.4, 0.5) is 10.5 Å². The lowest BCUT2D eigenvalue weighted by atomic mass is 10.2. The molecule has 0 bridgehead atoms. The molecule has 1 fully saturated rings. The van der Waals surface area contributed by atoms with Crippen molar-refractivity contribution < 1.29 is 22.9 Å². The van der Waals surface area contributed by atoms with Crippen LogP contribution in [0.2, 0.25) is 0 Å². The summed E-state index contributed by atoms with van der Waals surface area (Å²) in [6.07, 6.45) is 0. The number of nitro groups is 1. The first-order valence-electron chi connectivity index (χ1n) is 9.21. The van der Waals surface area contributed by atoms with E-state index in [-0.39, 0.29) is 42.8 Å². The van der Waals surface area contributed by atoms with Crippen LogP contribution in [0, 0.1) is 10.1 Å². The number of rotatable bonds is 6. The molecule has 0 saturated carbocycles. The first-order valence-corrected chi connectivity index (χ1v) is 10.7. The summed E-state index contributed by atoms with van der Waals surface area (Å²) in [6, 6.07) is 12.0. The molecule has 2 aromatic carbocycles. The van der Waals surface area contributed by atoms with Crippen molar-refractivity contribution in [2.75, 3.05) is 33.3 Å². The number of sulfonamides is 1. The maximum absolute atomic E-state index is 12.8. The number of urea groups is 1. The predicted molar refractivity (Wildman–Crippen MR) is 109 cm³/mol. The molecule has 1 saturated heterocycles. The van der Waals surface area contributed by atoms with Gasteiger partial charge >= 0.3 is 6.03 Å². The average molecular weight is 434 g/mol. The Kier molecular flexibility index (Phi) is 6.53. The Labute approximate surface area is 174 Å². The number of amides is 2. The molecule has 1 aliphatic heterocycles. The number of hydrogen-bond acceptors (Lipinski definition) is 6. The van der Waals surface area contributed by atoms with Gasteiger partial charge in [0.05, 0.1) is 16.9 Å². The van der Waals surface area contributed by atoms with Gasteiger partial charge in [-0.05, 0) is 23.8 Å². The van der Waals surface area contributed by atoms with Crippen LogP contribution >= 0.6 is 0 Å². The Morgan fingerprint density at radius 1 is 1.13 bits per heavy atom. The first-order chi connectivity index (χ1) is 14.3. The molecule has 30 heavy (non-hydrogen) atoms. The van der Waals surface area contributed by atoms with E-state index in [0.717, 1.165) is 11.6 Å². The Hall–Kier alpha value is -3.18. The van der Waals surface area contributed by atoms with Crippen molar-refractivity contribution in [1.82, 2.24) is 14.5 Å². The summed E-state index contributed by atoms with van der Waals surface area (Å²) in [5.41, 5.74) is 0.598. The van der Waals surface area contributed by atoms with E-state index in [2.05, 4.69) is 5.32 Å². The number of methoxy groups -OCH3 is 1. The highest BCUT2D eigenvalue weighted by atomic mass is 32.2. The van der Waals surface area contributed by atoms with Gasteiger partial charge in [0.15, 0.2) is 0 Å². The summed E-state index contributed by atoms with van der Waals surface area (Å²) in [4.78, 5) is 24.1. The van der Waals surface area contributed by atoms with Gasteiger partial charge in [0.25, 0.3) is 5.69 Å². The van der Waals surface area contributed by atoms with Gasteiger partial charge in [-0.1, -0.05) is 18.2 Å². The molecule has 11 heteroatoms. The second-order valence-electron chi connectivity index (χ2n) is 6.66. The van der Waals surface area contributed by atoms with E-state index in [4.69, 9.17) is 4.74 Å². The molecular formula is C19H22N4O6S. The Balaban J connectivity index is 1.57. The number of ether oxygens (including phenoxy) is 1. The minimum absolute atomic E-state index is 0.109. The van der Waals surface area contributed by atoms with Crippen LogP contribution in [0.25, 0.3) is 0 Å². The second kappa shape index (κ2) is 9.09. The zero-order valence-corrected chi connectivity index (χ0v) is 17.2. The van der Waals surface area contributed by atoms with E-state index in [0.29, 0.717) is 12.3 Å². The molecule has 1 heterocycles. The highest BCUT2D eigenvalue weighted by Gasteiger charge is 2.30. The van der Waals surface area contributed by atoms with Crippen molar-refractivity contribution in [3.8, 4) is 5.75 Å². The van der Waals surface area contributed by atoms with E-state index in [9.17, 15) is 23.3 Å². The molecule has 3 rings (SSSR count). The van der Waals surface area contributed by atoms with Gasteiger partial charge in [0.1, 0.15) is 5.75 Å². The summed E-state index contributed by atoms with van der Waals surface area (Å²) in [5, 5.41) is 13.7. The van der Waals surface area contributed by atoms with Crippen molar-refractivity contribution in [1.29, 1.82) is 0 Å². The highest BCUT2D eigenvalue weighted by Crippen LogP contribution is 2.22. The summed E-state index contributed by atoms with van der Waals surface area (Å²) < 4.78 is 32.0. The van der Waals surface area contributed by atoms with Crippen LogP contribution in [-0.2, 0) is 16.6 Å². The molecule has 160 valence electrons. The van der Waals surface area contributed by atoms with E-state index >= 15 is 0 Å². The summed E-state index contributed by atoms with van der Waals surface area (Å²) >= 11 is 0. The van der Waals surface area contributed by atoms with Crippen molar-refractivity contribution >= 4 is 21.7 Å². The van der Waals surface area contributed by atoms with Crippen molar-refractivity contribution in [2.45, 2.75) is 11.4 Å². The summed E-state index contributed by atoms with van der Waals surface area (Å²) in [7, 11) is -2.31. The lowest BCUT2D eigenvalue weighted by Crippen LogP contribution is -2.52. The number of nitrogens with one attached hydrogen (secondary N) is 1. The van der Waals surface area contributed by atoms with Gasteiger partial charge in [-0.2, -0.15) is 4.31 Å². The van der Waals surface area contributed by atoms with Crippen molar-refractivity contribution in [3.05, 3.63) is 64.2 Å². The normalized spacial score (nSPS) is 14.9. The van der Waals surface area contributed by atoms with E-state index in [1.54, 1.807) is 12.0 Å². The van der Waals surface area contributed by atoms with Gasteiger partial charge in [-0.15, -0.1) is 0 Å². The molecule has 2 aromatic rings. The second-order valence-corrected chi connectivity index (χ2v) is 8.59. The minimum Gasteiger partial charge on any atom is -0.497 e. The Morgan fingerprint density at radius 3 is 2.50 bits per heavy atom. The minimum atomic E-state index is -3.87. The smallest absolute Gasteiger partial charge is 0.317 e. The number of hydrogen-bond donors (Lipinski definition) is 1. The van der Waals surface area contributed by atoms with Crippen molar-refractivity contribution in [2.24, 2.45) is 0 Å². The summed E-state index contributed by atoms with van der Waals surface area (Å²) in [5.74, 6) is 0.696. The molecule has 0 atom stereocenters. The monoisotopic (exact) mass is 434 g/mol. The SMILES string of the molecule is COc1cccc(CNC(=O)N2CCN(S(=O)(=O)c3cccc([N+](=O)[O-])c3)CC2)c1. The van der Waals surface area contributed by atoms with Crippen LogP contribution in [0.5, 0.6) is 5.75 Å². The highest BCUT2D eigenvalue weighted by molar-refractivity contribution is 7.89. The molecule has 0 spiro atoms. The molecular weight excluding hydrogens is 412 g/mol. The van der Waals surface area contributed by atoms with Crippen LogP contribution < -0.4 is 10.1 Å². The van der Waals surface area contributed by atoms with Gasteiger partial charge in [-0.3, -0.25) is 10.1 Å². The third-order valence-electron chi connectivity index (χ3n) is 4.77. The molecule has 0 unspecified atom stereocenters. The molecule has 0 aliphatic carbocycles. The largest absolute Gasteiger partial charge is 0.497 e. The zero-order valence-electron chi connectivity index (χ0n) is 16.4.